The number of rotatable bonds is 6. The molecule has 9 heteroatoms. The number of nitrogens with zero attached hydrogens (tertiary/aromatic N) is 2. The van der Waals surface area contributed by atoms with Gasteiger partial charge in [0.05, 0.1) is 23.9 Å². The highest BCUT2D eigenvalue weighted by Crippen LogP contribution is 2.39. The standard InChI is InChI=1S/C24H24Cl2N4O3/c1-3-29-19-13-30(14(2)22(31)27-12-15-7-5-4-6-8-15)23(32)20(19)21(28-24(29)33)17-10-9-16(25)11-18(17)26/h4-11,14,21H,3,12-13H2,1-2H3,(H,27,31)(H,28,33)/t14-,21+/m0/s1. The third kappa shape index (κ3) is 4.43. The number of carbonyl (C=O) groups excluding carboxylic acids is 3. The molecule has 4 rings (SSSR count). The van der Waals surface area contributed by atoms with Crippen molar-refractivity contribution in [1.29, 1.82) is 0 Å². The summed E-state index contributed by atoms with van der Waals surface area (Å²) in [4.78, 5) is 42.2. The quantitative estimate of drug-likeness (QED) is 0.649. The van der Waals surface area contributed by atoms with E-state index in [0.29, 0.717) is 40.0 Å². The zero-order chi connectivity index (χ0) is 23.7. The van der Waals surface area contributed by atoms with Crippen molar-refractivity contribution < 1.29 is 14.4 Å². The van der Waals surface area contributed by atoms with Crippen molar-refractivity contribution in [3.05, 3.63) is 81.0 Å². The van der Waals surface area contributed by atoms with Gasteiger partial charge in [0.25, 0.3) is 5.91 Å². The highest BCUT2D eigenvalue weighted by Gasteiger charge is 2.46. The second kappa shape index (κ2) is 9.45. The summed E-state index contributed by atoms with van der Waals surface area (Å²) in [6, 6.07) is 12.7. The molecule has 0 aliphatic carbocycles. The molecule has 0 radical (unpaired) electrons. The Hall–Kier alpha value is -3.03. The third-order valence-corrected chi connectivity index (χ3v) is 6.56. The molecular formula is C24H24Cl2N4O3. The summed E-state index contributed by atoms with van der Waals surface area (Å²) in [6.45, 7) is 4.44. The minimum Gasteiger partial charge on any atom is -0.350 e. The van der Waals surface area contributed by atoms with Gasteiger partial charge in [0, 0.05) is 23.1 Å². The summed E-state index contributed by atoms with van der Waals surface area (Å²) in [5.74, 6) is -0.572. The Balaban J connectivity index is 1.59. The predicted molar refractivity (Wildman–Crippen MR) is 127 cm³/mol. The topological polar surface area (TPSA) is 81.8 Å². The summed E-state index contributed by atoms with van der Waals surface area (Å²) in [7, 11) is 0. The van der Waals surface area contributed by atoms with E-state index < -0.39 is 12.1 Å². The van der Waals surface area contributed by atoms with E-state index in [1.807, 2.05) is 37.3 Å². The van der Waals surface area contributed by atoms with Crippen LogP contribution in [0.4, 0.5) is 4.79 Å². The van der Waals surface area contributed by atoms with Gasteiger partial charge < -0.3 is 15.5 Å². The van der Waals surface area contributed by atoms with E-state index in [1.165, 1.54) is 9.80 Å². The second-order valence-corrected chi connectivity index (χ2v) is 8.81. The van der Waals surface area contributed by atoms with Gasteiger partial charge in [-0.3, -0.25) is 14.5 Å². The molecule has 0 unspecified atom stereocenters. The molecule has 4 amide bonds. The molecule has 2 aliphatic rings. The van der Waals surface area contributed by atoms with E-state index in [0.717, 1.165) is 5.56 Å². The molecule has 172 valence electrons. The first kappa shape index (κ1) is 23.1. The summed E-state index contributed by atoms with van der Waals surface area (Å²) in [6.07, 6.45) is 0. The van der Waals surface area contributed by atoms with Crippen LogP contribution in [0, 0.1) is 0 Å². The van der Waals surface area contributed by atoms with Gasteiger partial charge in [-0.1, -0.05) is 59.6 Å². The second-order valence-electron chi connectivity index (χ2n) is 7.97. The first-order valence-corrected chi connectivity index (χ1v) is 11.5. The van der Waals surface area contributed by atoms with Gasteiger partial charge >= 0.3 is 6.03 Å². The number of nitrogens with one attached hydrogen (secondary N) is 2. The molecule has 2 aromatic carbocycles. The molecule has 2 atom stereocenters. The Labute approximate surface area is 202 Å². The van der Waals surface area contributed by atoms with Crippen LogP contribution in [0.5, 0.6) is 0 Å². The van der Waals surface area contributed by atoms with Gasteiger partial charge in [-0.2, -0.15) is 0 Å². The van der Waals surface area contributed by atoms with Crippen molar-refractivity contribution in [2.24, 2.45) is 0 Å². The minimum absolute atomic E-state index is 0.164. The summed E-state index contributed by atoms with van der Waals surface area (Å²) < 4.78 is 0. The summed E-state index contributed by atoms with van der Waals surface area (Å²) in [5.41, 5.74) is 2.55. The van der Waals surface area contributed by atoms with Gasteiger partial charge in [-0.25, -0.2) is 4.79 Å². The lowest BCUT2D eigenvalue weighted by Gasteiger charge is -2.33. The molecule has 0 aromatic heterocycles. The Kier molecular flexibility index (Phi) is 6.63. The predicted octanol–water partition coefficient (Wildman–Crippen LogP) is 3.88. The molecule has 0 fully saturated rings. The largest absolute Gasteiger partial charge is 0.350 e. The summed E-state index contributed by atoms with van der Waals surface area (Å²) >= 11 is 12.4. The van der Waals surface area contributed by atoms with Crippen molar-refractivity contribution >= 4 is 41.0 Å². The zero-order valence-electron chi connectivity index (χ0n) is 18.3. The fraction of sp³-hybridized carbons (Fsp3) is 0.292. The average Bonchev–Trinajstić information content (AvgIpc) is 3.14. The van der Waals surface area contributed by atoms with Crippen LogP contribution < -0.4 is 10.6 Å². The molecular weight excluding hydrogens is 463 g/mol. The fourth-order valence-corrected chi connectivity index (χ4v) is 4.72. The van der Waals surface area contributed by atoms with Crippen LogP contribution in [0.1, 0.15) is 31.0 Å². The number of hydrogen-bond donors (Lipinski definition) is 2. The lowest BCUT2D eigenvalue weighted by molar-refractivity contribution is -0.135. The van der Waals surface area contributed by atoms with E-state index in [-0.39, 0.29) is 24.4 Å². The first-order valence-electron chi connectivity index (χ1n) is 10.7. The van der Waals surface area contributed by atoms with Crippen molar-refractivity contribution in [3.8, 4) is 0 Å². The van der Waals surface area contributed by atoms with Gasteiger partial charge in [-0.05, 0) is 37.1 Å². The van der Waals surface area contributed by atoms with Crippen LogP contribution in [0.2, 0.25) is 10.0 Å². The average molecular weight is 487 g/mol. The fourth-order valence-electron chi connectivity index (χ4n) is 4.20. The highest BCUT2D eigenvalue weighted by molar-refractivity contribution is 6.35. The van der Waals surface area contributed by atoms with Crippen LogP contribution >= 0.6 is 23.2 Å². The number of amides is 4. The SMILES string of the molecule is CCN1C(=O)N[C@H](c2ccc(Cl)cc2Cl)C2=C1CN([C@@H](C)C(=O)NCc1ccccc1)C2=O. The van der Waals surface area contributed by atoms with Crippen LogP contribution in [0.15, 0.2) is 59.8 Å². The molecule has 0 bridgehead atoms. The van der Waals surface area contributed by atoms with Crippen LogP contribution in [0.3, 0.4) is 0 Å². The zero-order valence-corrected chi connectivity index (χ0v) is 19.8. The molecule has 2 aliphatic heterocycles. The Morgan fingerprint density at radius 1 is 1.18 bits per heavy atom. The molecule has 33 heavy (non-hydrogen) atoms. The van der Waals surface area contributed by atoms with Crippen LogP contribution in [-0.2, 0) is 16.1 Å². The molecule has 7 nitrogen and oxygen atoms in total. The van der Waals surface area contributed by atoms with E-state index in [4.69, 9.17) is 23.2 Å². The van der Waals surface area contributed by atoms with Gasteiger partial charge in [-0.15, -0.1) is 0 Å². The van der Waals surface area contributed by atoms with Gasteiger partial charge in [0.1, 0.15) is 6.04 Å². The molecule has 2 N–H and O–H groups in total. The number of benzene rings is 2. The maximum absolute atomic E-state index is 13.5. The first-order chi connectivity index (χ1) is 15.8. The normalized spacial score (nSPS) is 18.8. The van der Waals surface area contributed by atoms with Crippen molar-refractivity contribution in [2.75, 3.05) is 13.1 Å². The molecule has 0 saturated heterocycles. The third-order valence-electron chi connectivity index (χ3n) is 6.00. The smallest absolute Gasteiger partial charge is 0.322 e. The maximum Gasteiger partial charge on any atom is 0.322 e. The lowest BCUT2D eigenvalue weighted by atomic mass is 9.95. The lowest BCUT2D eigenvalue weighted by Crippen LogP contribution is -2.47. The van der Waals surface area contributed by atoms with E-state index in [2.05, 4.69) is 10.6 Å². The van der Waals surface area contributed by atoms with E-state index in [9.17, 15) is 14.4 Å². The van der Waals surface area contributed by atoms with E-state index >= 15 is 0 Å². The Morgan fingerprint density at radius 2 is 1.91 bits per heavy atom. The molecule has 0 spiro atoms. The minimum atomic E-state index is -0.725. The van der Waals surface area contributed by atoms with E-state index in [1.54, 1.807) is 25.1 Å². The summed E-state index contributed by atoms with van der Waals surface area (Å²) in [5, 5.41) is 6.58. The van der Waals surface area contributed by atoms with Crippen molar-refractivity contribution in [1.82, 2.24) is 20.4 Å². The number of hydrogen-bond acceptors (Lipinski definition) is 3. The number of carbonyl (C=O) groups is 3. The van der Waals surface area contributed by atoms with Crippen molar-refractivity contribution in [3.63, 3.8) is 0 Å². The molecule has 2 heterocycles. The highest BCUT2D eigenvalue weighted by atomic mass is 35.5. The monoisotopic (exact) mass is 486 g/mol. The number of likely N-dealkylation sites (N-methyl/N-ethyl adjacent to an activating group) is 1. The molecule has 2 aromatic rings. The van der Waals surface area contributed by atoms with Gasteiger partial charge in [0.2, 0.25) is 5.91 Å². The van der Waals surface area contributed by atoms with Gasteiger partial charge in [0.15, 0.2) is 0 Å². The number of halogens is 2. The Morgan fingerprint density at radius 3 is 2.58 bits per heavy atom. The van der Waals surface area contributed by atoms with Crippen LogP contribution in [0.25, 0.3) is 0 Å². The van der Waals surface area contributed by atoms with Crippen molar-refractivity contribution in [2.45, 2.75) is 32.5 Å². The Bertz CT molecular complexity index is 1140. The van der Waals surface area contributed by atoms with Crippen LogP contribution in [-0.4, -0.2) is 46.8 Å². The number of urea groups is 1. The molecule has 0 saturated carbocycles. The maximum atomic E-state index is 13.5.